The average Bonchev–Trinajstić information content (AvgIpc) is 2.90. The van der Waals surface area contributed by atoms with Crippen molar-refractivity contribution >= 4 is 0 Å². The molecule has 3 unspecified atom stereocenters. The van der Waals surface area contributed by atoms with Crippen LogP contribution in [-0.2, 0) is 6.42 Å². The second kappa shape index (κ2) is 6.58. The van der Waals surface area contributed by atoms with E-state index in [2.05, 4.69) is 44.0 Å². The molecule has 2 rings (SSSR count). The summed E-state index contributed by atoms with van der Waals surface area (Å²) in [5, 5.41) is 3.70. The molecule has 1 saturated heterocycles. The molecule has 0 radical (unpaired) electrons. The second-order valence-corrected chi connectivity index (χ2v) is 6.15. The zero-order valence-corrected chi connectivity index (χ0v) is 12.7. The van der Waals surface area contributed by atoms with Gasteiger partial charge in [-0.2, -0.15) is 0 Å². The van der Waals surface area contributed by atoms with Crippen LogP contribution in [0, 0.1) is 5.92 Å². The largest absolute Gasteiger partial charge is 0.469 e. The van der Waals surface area contributed by atoms with Crippen molar-refractivity contribution in [1.82, 2.24) is 10.2 Å². The van der Waals surface area contributed by atoms with Crippen LogP contribution in [0.2, 0.25) is 0 Å². The number of nitrogens with zero attached hydrogens (tertiary/aromatic N) is 1. The van der Waals surface area contributed by atoms with Gasteiger partial charge in [-0.15, -0.1) is 0 Å². The molecule has 3 heteroatoms. The van der Waals surface area contributed by atoms with E-state index >= 15 is 0 Å². The van der Waals surface area contributed by atoms with Crippen molar-refractivity contribution in [1.29, 1.82) is 0 Å². The molecule has 2 heterocycles. The van der Waals surface area contributed by atoms with Crippen molar-refractivity contribution in [3.05, 3.63) is 24.2 Å². The highest BCUT2D eigenvalue weighted by Gasteiger charge is 2.31. The maximum atomic E-state index is 5.50. The van der Waals surface area contributed by atoms with Gasteiger partial charge in [0.05, 0.1) is 6.26 Å². The van der Waals surface area contributed by atoms with Gasteiger partial charge in [0, 0.05) is 37.6 Å². The van der Waals surface area contributed by atoms with E-state index in [0.717, 1.165) is 25.3 Å². The lowest BCUT2D eigenvalue weighted by molar-refractivity contribution is 0.0718. The fourth-order valence-electron chi connectivity index (χ4n) is 3.05. The van der Waals surface area contributed by atoms with Crippen LogP contribution >= 0.6 is 0 Å². The third-order valence-corrected chi connectivity index (χ3v) is 4.41. The highest BCUT2D eigenvalue weighted by atomic mass is 16.3. The number of nitrogens with one attached hydrogen (secondary N) is 1. The minimum atomic E-state index is 0.541. The van der Waals surface area contributed by atoms with Crippen LogP contribution in [0.1, 0.15) is 39.9 Å². The summed E-state index contributed by atoms with van der Waals surface area (Å²) >= 11 is 0. The molecule has 0 aromatic carbocycles. The Labute approximate surface area is 117 Å². The summed E-state index contributed by atoms with van der Waals surface area (Å²) < 4.78 is 5.50. The Morgan fingerprint density at radius 3 is 2.79 bits per heavy atom. The van der Waals surface area contributed by atoms with E-state index in [4.69, 9.17) is 4.42 Å². The lowest BCUT2D eigenvalue weighted by Gasteiger charge is -2.44. The van der Waals surface area contributed by atoms with Crippen LogP contribution in [-0.4, -0.2) is 36.1 Å². The van der Waals surface area contributed by atoms with Gasteiger partial charge in [-0.1, -0.05) is 20.8 Å². The van der Waals surface area contributed by atoms with Gasteiger partial charge in [0.2, 0.25) is 0 Å². The van der Waals surface area contributed by atoms with Crippen molar-refractivity contribution in [2.24, 2.45) is 5.92 Å². The fraction of sp³-hybridized carbons (Fsp3) is 0.750. The first kappa shape index (κ1) is 14.6. The molecule has 3 nitrogen and oxygen atoms in total. The lowest BCUT2D eigenvalue weighted by Crippen LogP contribution is -2.60. The molecule has 108 valence electrons. The van der Waals surface area contributed by atoms with Crippen molar-refractivity contribution in [2.75, 3.05) is 13.1 Å². The average molecular weight is 264 g/mol. The van der Waals surface area contributed by atoms with Crippen LogP contribution in [0.5, 0.6) is 0 Å². The molecule has 1 aromatic rings. The quantitative estimate of drug-likeness (QED) is 0.886. The van der Waals surface area contributed by atoms with Gasteiger partial charge in [-0.25, -0.2) is 0 Å². The minimum absolute atomic E-state index is 0.541. The Morgan fingerprint density at radius 2 is 2.21 bits per heavy atom. The van der Waals surface area contributed by atoms with Gasteiger partial charge in [0.15, 0.2) is 0 Å². The first-order chi connectivity index (χ1) is 9.11. The standard InChI is InChI=1S/C16H28N2O/c1-5-14-10-17-16(12(2)3)11-18(14)13(4)9-15-7-6-8-19-15/h6-8,12-14,16-17H,5,9-11H2,1-4H3. The van der Waals surface area contributed by atoms with E-state index in [1.54, 1.807) is 6.26 Å². The molecule has 0 spiro atoms. The summed E-state index contributed by atoms with van der Waals surface area (Å²) in [6.45, 7) is 11.5. The molecule has 1 aliphatic heterocycles. The summed E-state index contributed by atoms with van der Waals surface area (Å²) in [5.41, 5.74) is 0. The molecule has 0 aliphatic carbocycles. The third-order valence-electron chi connectivity index (χ3n) is 4.41. The molecule has 19 heavy (non-hydrogen) atoms. The highest BCUT2D eigenvalue weighted by molar-refractivity contribution is 5.01. The zero-order chi connectivity index (χ0) is 13.8. The van der Waals surface area contributed by atoms with E-state index in [1.165, 1.54) is 6.42 Å². The second-order valence-electron chi connectivity index (χ2n) is 6.15. The molecule has 1 aromatic heterocycles. The van der Waals surface area contributed by atoms with Crippen LogP contribution in [0.25, 0.3) is 0 Å². The Kier molecular flexibility index (Phi) is 5.06. The molecule has 0 amide bonds. The summed E-state index contributed by atoms with van der Waals surface area (Å²) in [5.74, 6) is 1.79. The van der Waals surface area contributed by atoms with Gasteiger partial charge < -0.3 is 9.73 Å². The molecule has 1 aliphatic rings. The minimum Gasteiger partial charge on any atom is -0.469 e. The van der Waals surface area contributed by atoms with E-state index in [-0.39, 0.29) is 0 Å². The Bertz CT molecular complexity index is 361. The van der Waals surface area contributed by atoms with Crippen molar-refractivity contribution in [2.45, 2.75) is 58.7 Å². The molecule has 1 N–H and O–H groups in total. The molecular formula is C16H28N2O. The number of rotatable bonds is 5. The van der Waals surface area contributed by atoms with Crippen LogP contribution < -0.4 is 5.32 Å². The number of hydrogen-bond acceptors (Lipinski definition) is 3. The predicted molar refractivity (Wildman–Crippen MR) is 79.3 cm³/mol. The van der Waals surface area contributed by atoms with E-state index in [0.29, 0.717) is 24.0 Å². The Hall–Kier alpha value is -0.800. The SMILES string of the molecule is CCC1CNC(C(C)C)CN1C(C)Cc1ccco1. The van der Waals surface area contributed by atoms with Gasteiger partial charge in [-0.05, 0) is 31.4 Å². The van der Waals surface area contributed by atoms with Gasteiger partial charge in [0.1, 0.15) is 5.76 Å². The van der Waals surface area contributed by atoms with Crippen LogP contribution in [0.4, 0.5) is 0 Å². The summed E-state index contributed by atoms with van der Waals surface area (Å²) in [4.78, 5) is 2.67. The highest BCUT2D eigenvalue weighted by Crippen LogP contribution is 2.20. The normalized spacial score (nSPS) is 26.8. The predicted octanol–water partition coefficient (Wildman–Crippen LogP) is 2.92. The topological polar surface area (TPSA) is 28.4 Å². The first-order valence-corrected chi connectivity index (χ1v) is 7.63. The first-order valence-electron chi connectivity index (χ1n) is 7.63. The Balaban J connectivity index is 2.00. The van der Waals surface area contributed by atoms with Crippen molar-refractivity contribution in [3.8, 4) is 0 Å². The van der Waals surface area contributed by atoms with Crippen LogP contribution in [0.3, 0.4) is 0 Å². The van der Waals surface area contributed by atoms with Crippen molar-refractivity contribution in [3.63, 3.8) is 0 Å². The number of piperazine rings is 1. The molecule has 3 atom stereocenters. The summed E-state index contributed by atoms with van der Waals surface area (Å²) in [7, 11) is 0. The zero-order valence-electron chi connectivity index (χ0n) is 12.7. The van der Waals surface area contributed by atoms with Crippen molar-refractivity contribution < 1.29 is 4.42 Å². The van der Waals surface area contributed by atoms with Crippen LogP contribution in [0.15, 0.2) is 22.8 Å². The van der Waals surface area contributed by atoms with Gasteiger partial charge in [-0.3, -0.25) is 4.90 Å². The maximum absolute atomic E-state index is 5.50. The molecule has 0 bridgehead atoms. The van der Waals surface area contributed by atoms with E-state index in [9.17, 15) is 0 Å². The molecule has 0 saturated carbocycles. The van der Waals surface area contributed by atoms with Gasteiger partial charge in [0.25, 0.3) is 0 Å². The fourth-order valence-corrected chi connectivity index (χ4v) is 3.05. The smallest absolute Gasteiger partial charge is 0.105 e. The number of hydrogen-bond donors (Lipinski definition) is 1. The number of furan rings is 1. The third kappa shape index (κ3) is 3.61. The van der Waals surface area contributed by atoms with E-state index in [1.807, 2.05) is 6.07 Å². The Morgan fingerprint density at radius 1 is 1.42 bits per heavy atom. The summed E-state index contributed by atoms with van der Waals surface area (Å²) in [6.07, 6.45) is 3.99. The molecule has 1 fully saturated rings. The van der Waals surface area contributed by atoms with E-state index < -0.39 is 0 Å². The summed E-state index contributed by atoms with van der Waals surface area (Å²) in [6, 6.07) is 5.87. The maximum Gasteiger partial charge on any atom is 0.105 e. The monoisotopic (exact) mass is 264 g/mol. The lowest BCUT2D eigenvalue weighted by atomic mass is 9.96. The van der Waals surface area contributed by atoms with Gasteiger partial charge >= 0.3 is 0 Å². The molecular weight excluding hydrogens is 236 g/mol.